The summed E-state index contributed by atoms with van der Waals surface area (Å²) in [5.74, 6) is 0.244. The molecule has 0 fully saturated rings. The van der Waals surface area contributed by atoms with Crippen LogP contribution in [0.15, 0.2) is 41.4 Å². The summed E-state index contributed by atoms with van der Waals surface area (Å²) in [6, 6.07) is 10.5. The zero-order valence-electron chi connectivity index (χ0n) is 7.72. The topological polar surface area (TPSA) is 32.6 Å². The van der Waals surface area contributed by atoms with Gasteiger partial charge in [-0.15, -0.1) is 11.3 Å². The van der Waals surface area contributed by atoms with E-state index in [0.717, 1.165) is 14.9 Å². The van der Waals surface area contributed by atoms with Gasteiger partial charge in [-0.3, -0.25) is 4.99 Å². The molecule has 0 saturated heterocycles. The molecule has 1 aromatic carbocycles. The van der Waals surface area contributed by atoms with Gasteiger partial charge in [0.1, 0.15) is 5.75 Å². The maximum atomic E-state index is 9.08. The SMILES string of the molecule is Oc1ccc(N=Cc2ccc(Cl)s2)cc1. The molecule has 1 aromatic heterocycles. The van der Waals surface area contributed by atoms with Crippen molar-refractivity contribution in [3.63, 3.8) is 0 Å². The van der Waals surface area contributed by atoms with Crippen molar-refractivity contribution in [2.24, 2.45) is 4.99 Å². The van der Waals surface area contributed by atoms with Crippen LogP contribution in [0.25, 0.3) is 0 Å². The largest absolute Gasteiger partial charge is 0.508 e. The Morgan fingerprint density at radius 1 is 1.13 bits per heavy atom. The van der Waals surface area contributed by atoms with Crippen LogP contribution in [0.2, 0.25) is 4.34 Å². The number of aliphatic imine (C=N–C) groups is 1. The van der Waals surface area contributed by atoms with Gasteiger partial charge in [0.05, 0.1) is 10.0 Å². The predicted octanol–water partition coefficient (Wildman–Crippen LogP) is 3.86. The number of thiophene rings is 1. The molecule has 0 aliphatic rings. The van der Waals surface area contributed by atoms with Crippen LogP contribution in [-0.2, 0) is 0 Å². The zero-order valence-corrected chi connectivity index (χ0v) is 9.29. The Kier molecular flexibility index (Phi) is 3.04. The summed E-state index contributed by atoms with van der Waals surface area (Å²) in [5.41, 5.74) is 0.803. The van der Waals surface area contributed by atoms with Crippen LogP contribution in [0.1, 0.15) is 4.88 Å². The molecular weight excluding hydrogens is 230 g/mol. The lowest BCUT2D eigenvalue weighted by molar-refractivity contribution is 0.475. The van der Waals surface area contributed by atoms with Gasteiger partial charge >= 0.3 is 0 Å². The Morgan fingerprint density at radius 2 is 1.87 bits per heavy atom. The van der Waals surface area contributed by atoms with Crippen molar-refractivity contribution >= 4 is 34.8 Å². The van der Waals surface area contributed by atoms with E-state index in [1.807, 2.05) is 12.1 Å². The summed E-state index contributed by atoms with van der Waals surface area (Å²) < 4.78 is 0.752. The number of aromatic hydroxyl groups is 1. The van der Waals surface area contributed by atoms with E-state index in [-0.39, 0.29) is 5.75 Å². The highest BCUT2D eigenvalue weighted by atomic mass is 35.5. The lowest BCUT2D eigenvalue weighted by Gasteiger charge is -1.92. The molecule has 1 heterocycles. The number of halogens is 1. The summed E-state index contributed by atoms with van der Waals surface area (Å²) in [7, 11) is 0. The van der Waals surface area contributed by atoms with Crippen LogP contribution in [0.5, 0.6) is 5.75 Å². The van der Waals surface area contributed by atoms with E-state index in [2.05, 4.69) is 4.99 Å². The first-order chi connectivity index (χ1) is 7.24. The smallest absolute Gasteiger partial charge is 0.115 e. The van der Waals surface area contributed by atoms with Gasteiger partial charge in [-0.05, 0) is 36.4 Å². The fraction of sp³-hybridized carbons (Fsp3) is 0. The van der Waals surface area contributed by atoms with Gasteiger partial charge in [0.15, 0.2) is 0 Å². The van der Waals surface area contributed by atoms with Crippen molar-refractivity contribution in [1.82, 2.24) is 0 Å². The second-order valence-electron chi connectivity index (χ2n) is 2.92. The van der Waals surface area contributed by atoms with Gasteiger partial charge < -0.3 is 5.11 Å². The van der Waals surface area contributed by atoms with Gasteiger partial charge in [-0.1, -0.05) is 11.6 Å². The molecule has 0 atom stereocenters. The highest BCUT2D eigenvalue weighted by molar-refractivity contribution is 7.17. The molecule has 2 rings (SSSR count). The third-order valence-corrected chi connectivity index (χ3v) is 2.95. The van der Waals surface area contributed by atoms with Gasteiger partial charge in [-0.25, -0.2) is 0 Å². The molecule has 2 aromatic rings. The third-order valence-electron chi connectivity index (χ3n) is 1.78. The number of benzene rings is 1. The minimum Gasteiger partial charge on any atom is -0.508 e. The van der Waals surface area contributed by atoms with Crippen molar-refractivity contribution in [2.75, 3.05) is 0 Å². The van der Waals surface area contributed by atoms with E-state index in [0.29, 0.717) is 0 Å². The quantitative estimate of drug-likeness (QED) is 0.791. The van der Waals surface area contributed by atoms with Gasteiger partial charge in [0.2, 0.25) is 0 Å². The fourth-order valence-corrected chi connectivity index (χ4v) is 2.01. The third kappa shape index (κ3) is 2.81. The van der Waals surface area contributed by atoms with Gasteiger partial charge in [0, 0.05) is 11.1 Å². The Balaban J connectivity index is 2.14. The maximum absolute atomic E-state index is 9.08. The summed E-state index contributed by atoms with van der Waals surface area (Å²) in [6.45, 7) is 0. The minimum absolute atomic E-state index is 0.244. The molecule has 15 heavy (non-hydrogen) atoms. The first-order valence-corrected chi connectivity index (χ1v) is 5.52. The first kappa shape index (κ1) is 10.2. The van der Waals surface area contributed by atoms with Crippen molar-refractivity contribution in [3.05, 3.63) is 45.6 Å². The van der Waals surface area contributed by atoms with Gasteiger partial charge in [0.25, 0.3) is 0 Å². The lowest BCUT2D eigenvalue weighted by Crippen LogP contribution is -1.71. The van der Waals surface area contributed by atoms with Crippen molar-refractivity contribution in [2.45, 2.75) is 0 Å². The van der Waals surface area contributed by atoms with Crippen molar-refractivity contribution in [1.29, 1.82) is 0 Å². The molecule has 4 heteroatoms. The van der Waals surface area contributed by atoms with Crippen LogP contribution >= 0.6 is 22.9 Å². The number of nitrogens with zero attached hydrogens (tertiary/aromatic N) is 1. The van der Waals surface area contributed by atoms with Gasteiger partial charge in [-0.2, -0.15) is 0 Å². The Labute approximate surface area is 96.5 Å². The molecule has 0 amide bonds. The number of phenolic OH excluding ortho intramolecular Hbond substituents is 1. The first-order valence-electron chi connectivity index (χ1n) is 4.32. The lowest BCUT2D eigenvalue weighted by atomic mass is 10.3. The molecule has 0 aliphatic carbocycles. The van der Waals surface area contributed by atoms with Crippen LogP contribution < -0.4 is 0 Å². The average Bonchev–Trinajstić information content (AvgIpc) is 2.64. The number of hydrogen-bond donors (Lipinski definition) is 1. The summed E-state index contributed by atoms with van der Waals surface area (Å²) >= 11 is 7.26. The summed E-state index contributed by atoms with van der Waals surface area (Å²) in [5, 5.41) is 9.08. The molecule has 76 valence electrons. The van der Waals surface area contributed by atoms with E-state index in [1.54, 1.807) is 30.5 Å². The van der Waals surface area contributed by atoms with E-state index in [4.69, 9.17) is 16.7 Å². The van der Waals surface area contributed by atoms with E-state index < -0.39 is 0 Å². The van der Waals surface area contributed by atoms with Crippen LogP contribution in [0.3, 0.4) is 0 Å². The monoisotopic (exact) mass is 237 g/mol. The van der Waals surface area contributed by atoms with Crippen molar-refractivity contribution < 1.29 is 5.11 Å². The maximum Gasteiger partial charge on any atom is 0.115 e. The molecule has 0 bridgehead atoms. The Hall–Kier alpha value is -1.32. The standard InChI is InChI=1S/C11H8ClNOS/c12-11-6-5-10(15-11)7-13-8-1-3-9(14)4-2-8/h1-7,14H. The summed E-state index contributed by atoms with van der Waals surface area (Å²) in [6.07, 6.45) is 1.75. The molecule has 0 saturated carbocycles. The number of rotatable bonds is 2. The van der Waals surface area contributed by atoms with Crippen LogP contribution in [-0.4, -0.2) is 11.3 Å². The zero-order chi connectivity index (χ0) is 10.7. The Morgan fingerprint density at radius 3 is 2.47 bits per heavy atom. The normalized spacial score (nSPS) is 11.0. The second-order valence-corrected chi connectivity index (χ2v) is 4.66. The van der Waals surface area contributed by atoms with Crippen molar-refractivity contribution in [3.8, 4) is 5.75 Å². The van der Waals surface area contributed by atoms with E-state index in [9.17, 15) is 0 Å². The molecule has 0 aliphatic heterocycles. The fourth-order valence-electron chi connectivity index (χ4n) is 1.07. The molecule has 0 spiro atoms. The molecular formula is C11H8ClNOS. The average molecular weight is 238 g/mol. The predicted molar refractivity (Wildman–Crippen MR) is 64.7 cm³/mol. The Bertz CT molecular complexity index is 476. The highest BCUT2D eigenvalue weighted by Gasteiger charge is 1.94. The van der Waals surface area contributed by atoms with E-state index >= 15 is 0 Å². The van der Waals surface area contributed by atoms with E-state index in [1.165, 1.54) is 11.3 Å². The van der Waals surface area contributed by atoms with Crippen LogP contribution in [0.4, 0.5) is 5.69 Å². The molecule has 1 N–H and O–H groups in total. The molecule has 0 radical (unpaired) electrons. The summed E-state index contributed by atoms with van der Waals surface area (Å²) in [4.78, 5) is 5.25. The minimum atomic E-state index is 0.244. The highest BCUT2D eigenvalue weighted by Crippen LogP contribution is 2.21. The van der Waals surface area contributed by atoms with Crippen LogP contribution in [0, 0.1) is 0 Å². The number of hydrogen-bond acceptors (Lipinski definition) is 3. The number of phenols is 1. The second kappa shape index (κ2) is 4.47. The molecule has 2 nitrogen and oxygen atoms in total. The molecule has 0 unspecified atom stereocenters.